The number of carboxylic acids is 1. The van der Waals surface area contributed by atoms with E-state index in [1.54, 1.807) is 0 Å². The van der Waals surface area contributed by atoms with Crippen molar-refractivity contribution in [3.8, 4) is 0 Å². The molecule has 1 aromatic carbocycles. The molecule has 1 aliphatic carbocycles. The normalized spacial score (nSPS) is 20.5. The van der Waals surface area contributed by atoms with Gasteiger partial charge in [0.1, 0.15) is 0 Å². The summed E-state index contributed by atoms with van der Waals surface area (Å²) in [5.41, 5.74) is 5.39. The number of imide groups is 1. The summed E-state index contributed by atoms with van der Waals surface area (Å²) in [6, 6.07) is 4.16. The fourth-order valence-electron chi connectivity index (χ4n) is 3.40. The first-order chi connectivity index (χ1) is 9.94. The Kier molecular flexibility index (Phi) is 2.97. The van der Waals surface area contributed by atoms with Crippen molar-refractivity contribution < 1.29 is 19.5 Å². The van der Waals surface area contributed by atoms with Crippen LogP contribution in [-0.4, -0.2) is 22.9 Å². The number of rotatable bonds is 2. The maximum absolute atomic E-state index is 12.7. The fraction of sp³-hybridized carbons (Fsp3) is 0.400. The summed E-state index contributed by atoms with van der Waals surface area (Å²) in [6.45, 7) is 0. The second-order valence-corrected chi connectivity index (χ2v) is 5.78. The standard InChI is InChI=1S/C15H16N2O4/c16-9-3-4-10(13(19)20)11(7-9)17-12(18)8-15(14(17)21)5-1-2-6-15/h3-4,7H,1-2,5-6,8,16H2,(H,19,20). The summed E-state index contributed by atoms with van der Waals surface area (Å²) in [5, 5.41) is 9.26. The Morgan fingerprint density at radius 3 is 2.52 bits per heavy atom. The van der Waals surface area contributed by atoms with Gasteiger partial charge in [0.05, 0.1) is 16.7 Å². The van der Waals surface area contributed by atoms with Gasteiger partial charge in [-0.05, 0) is 31.0 Å². The minimum absolute atomic E-state index is 0.0825. The number of anilines is 2. The molecule has 6 heteroatoms. The Hall–Kier alpha value is -2.37. The largest absolute Gasteiger partial charge is 0.478 e. The number of carbonyl (C=O) groups excluding carboxylic acids is 2. The third-order valence-corrected chi connectivity index (χ3v) is 4.45. The van der Waals surface area contributed by atoms with Crippen molar-refractivity contribution in [3.05, 3.63) is 23.8 Å². The summed E-state index contributed by atoms with van der Waals surface area (Å²) in [7, 11) is 0. The van der Waals surface area contributed by atoms with E-state index >= 15 is 0 Å². The molecule has 0 aromatic heterocycles. The molecule has 1 saturated carbocycles. The van der Waals surface area contributed by atoms with E-state index in [1.165, 1.54) is 18.2 Å². The first-order valence-corrected chi connectivity index (χ1v) is 6.95. The zero-order chi connectivity index (χ0) is 15.2. The Morgan fingerprint density at radius 1 is 1.24 bits per heavy atom. The van der Waals surface area contributed by atoms with Crippen LogP contribution in [0.15, 0.2) is 18.2 Å². The van der Waals surface area contributed by atoms with E-state index in [2.05, 4.69) is 0 Å². The number of amides is 2. The van der Waals surface area contributed by atoms with Crippen molar-refractivity contribution in [2.24, 2.45) is 5.41 Å². The predicted molar refractivity (Wildman–Crippen MR) is 75.8 cm³/mol. The third kappa shape index (κ3) is 1.98. The molecule has 1 spiro atoms. The highest BCUT2D eigenvalue weighted by atomic mass is 16.4. The van der Waals surface area contributed by atoms with Crippen LogP contribution in [0.1, 0.15) is 42.5 Å². The number of benzene rings is 1. The first-order valence-electron chi connectivity index (χ1n) is 6.95. The molecule has 1 aliphatic heterocycles. The molecular weight excluding hydrogens is 272 g/mol. The van der Waals surface area contributed by atoms with Crippen molar-refractivity contribution in [2.45, 2.75) is 32.1 Å². The van der Waals surface area contributed by atoms with Crippen molar-refractivity contribution in [1.82, 2.24) is 0 Å². The first kappa shape index (κ1) is 13.6. The lowest BCUT2D eigenvalue weighted by molar-refractivity contribution is -0.125. The topological polar surface area (TPSA) is 101 Å². The molecule has 6 nitrogen and oxygen atoms in total. The number of hydrogen-bond acceptors (Lipinski definition) is 4. The molecule has 0 bridgehead atoms. The maximum Gasteiger partial charge on any atom is 0.337 e. The van der Waals surface area contributed by atoms with Gasteiger partial charge in [-0.2, -0.15) is 0 Å². The van der Waals surface area contributed by atoms with Gasteiger partial charge >= 0.3 is 5.97 Å². The van der Waals surface area contributed by atoms with Crippen molar-refractivity contribution in [2.75, 3.05) is 10.6 Å². The van der Waals surface area contributed by atoms with Gasteiger partial charge in [-0.25, -0.2) is 9.69 Å². The van der Waals surface area contributed by atoms with Crippen molar-refractivity contribution in [1.29, 1.82) is 0 Å². The van der Waals surface area contributed by atoms with Crippen LogP contribution in [0.2, 0.25) is 0 Å². The van der Waals surface area contributed by atoms with Crippen LogP contribution in [0.3, 0.4) is 0 Å². The summed E-state index contributed by atoms with van der Waals surface area (Å²) in [4.78, 5) is 37.3. The van der Waals surface area contributed by atoms with Crippen molar-refractivity contribution in [3.63, 3.8) is 0 Å². The molecule has 1 aromatic rings. The Bertz CT molecular complexity index is 647. The SMILES string of the molecule is Nc1ccc(C(=O)O)c(N2C(=O)CC3(CCCC3)C2=O)c1. The lowest BCUT2D eigenvalue weighted by Crippen LogP contribution is -2.35. The lowest BCUT2D eigenvalue weighted by atomic mass is 9.84. The van der Waals surface area contributed by atoms with Gasteiger partial charge in [-0.15, -0.1) is 0 Å². The summed E-state index contributed by atoms with van der Waals surface area (Å²) in [5.74, 6) is -1.80. The minimum Gasteiger partial charge on any atom is -0.478 e. The van der Waals surface area contributed by atoms with Crippen LogP contribution in [0.5, 0.6) is 0 Å². The van der Waals surface area contributed by atoms with Crippen LogP contribution in [0.4, 0.5) is 11.4 Å². The van der Waals surface area contributed by atoms with Gasteiger partial charge in [0.15, 0.2) is 0 Å². The minimum atomic E-state index is -1.18. The molecule has 3 rings (SSSR count). The summed E-state index contributed by atoms with van der Waals surface area (Å²) in [6.07, 6.45) is 3.41. The highest BCUT2D eigenvalue weighted by Crippen LogP contribution is 2.48. The molecule has 21 heavy (non-hydrogen) atoms. The quantitative estimate of drug-likeness (QED) is 0.638. The number of nitrogen functional groups attached to an aromatic ring is 1. The predicted octanol–water partition coefficient (Wildman–Crippen LogP) is 1.79. The average molecular weight is 288 g/mol. The van der Waals surface area contributed by atoms with E-state index in [0.717, 1.165) is 17.7 Å². The second kappa shape index (κ2) is 4.58. The number of carbonyl (C=O) groups is 3. The average Bonchev–Trinajstić information content (AvgIpc) is 2.96. The molecule has 0 atom stereocenters. The van der Waals surface area contributed by atoms with Crippen LogP contribution in [-0.2, 0) is 9.59 Å². The van der Waals surface area contributed by atoms with Gasteiger partial charge in [-0.3, -0.25) is 9.59 Å². The van der Waals surface area contributed by atoms with E-state index in [1.807, 2.05) is 0 Å². The van der Waals surface area contributed by atoms with Gasteiger partial charge < -0.3 is 10.8 Å². The molecule has 1 heterocycles. The van der Waals surface area contributed by atoms with E-state index in [9.17, 15) is 19.5 Å². The number of hydrogen-bond donors (Lipinski definition) is 2. The zero-order valence-electron chi connectivity index (χ0n) is 11.5. The van der Waals surface area contributed by atoms with Gasteiger partial charge in [-0.1, -0.05) is 12.8 Å². The molecule has 0 radical (unpaired) electrons. The molecule has 1 saturated heterocycles. The monoisotopic (exact) mass is 288 g/mol. The van der Waals surface area contributed by atoms with Crippen LogP contribution in [0, 0.1) is 5.41 Å². The molecule has 110 valence electrons. The van der Waals surface area contributed by atoms with Crippen LogP contribution in [0.25, 0.3) is 0 Å². The van der Waals surface area contributed by atoms with Gasteiger partial charge in [0.25, 0.3) is 0 Å². The Balaban J connectivity index is 2.08. The third-order valence-electron chi connectivity index (χ3n) is 4.45. The number of nitrogens with two attached hydrogens (primary N) is 1. The van der Waals surface area contributed by atoms with Crippen molar-refractivity contribution >= 4 is 29.2 Å². The smallest absolute Gasteiger partial charge is 0.337 e. The maximum atomic E-state index is 12.7. The Labute approximate surface area is 121 Å². The summed E-state index contributed by atoms with van der Waals surface area (Å²) >= 11 is 0. The van der Waals surface area contributed by atoms with E-state index in [-0.39, 0.29) is 29.5 Å². The molecule has 0 unspecified atom stereocenters. The van der Waals surface area contributed by atoms with Crippen LogP contribution >= 0.6 is 0 Å². The molecule has 2 amide bonds. The van der Waals surface area contributed by atoms with E-state index in [0.29, 0.717) is 18.5 Å². The van der Waals surface area contributed by atoms with Crippen LogP contribution < -0.4 is 10.6 Å². The number of carboxylic acid groups (broad SMARTS) is 1. The van der Waals surface area contributed by atoms with E-state index in [4.69, 9.17) is 5.73 Å². The van der Waals surface area contributed by atoms with Gasteiger partial charge in [0, 0.05) is 12.1 Å². The van der Waals surface area contributed by atoms with E-state index < -0.39 is 11.4 Å². The molecular formula is C15H16N2O4. The molecule has 2 fully saturated rings. The second-order valence-electron chi connectivity index (χ2n) is 5.78. The highest BCUT2D eigenvalue weighted by Gasteiger charge is 2.53. The Morgan fingerprint density at radius 2 is 1.90 bits per heavy atom. The highest BCUT2D eigenvalue weighted by molar-refractivity contribution is 6.24. The molecule has 3 N–H and O–H groups in total. The summed E-state index contributed by atoms with van der Waals surface area (Å²) < 4.78 is 0. The fourth-order valence-corrected chi connectivity index (χ4v) is 3.40. The van der Waals surface area contributed by atoms with Gasteiger partial charge in [0.2, 0.25) is 11.8 Å². The zero-order valence-corrected chi connectivity index (χ0v) is 11.5. The molecule has 2 aliphatic rings. The number of aromatic carboxylic acids is 1. The lowest BCUT2D eigenvalue weighted by Gasteiger charge is -2.22. The number of nitrogens with zero attached hydrogens (tertiary/aromatic N) is 1.